The van der Waals surface area contributed by atoms with E-state index in [0.29, 0.717) is 16.3 Å². The highest BCUT2D eigenvalue weighted by molar-refractivity contribution is 7.99. The highest BCUT2D eigenvalue weighted by atomic mass is 32.2. The van der Waals surface area contributed by atoms with Crippen molar-refractivity contribution in [1.29, 1.82) is 0 Å². The quantitative estimate of drug-likeness (QED) is 0.676. The van der Waals surface area contributed by atoms with Crippen LogP contribution in [0.25, 0.3) is 0 Å². The lowest BCUT2D eigenvalue weighted by atomic mass is 10.1. The van der Waals surface area contributed by atoms with Crippen LogP contribution < -0.4 is 0 Å². The summed E-state index contributed by atoms with van der Waals surface area (Å²) in [6, 6.07) is 6.86. The van der Waals surface area contributed by atoms with Crippen molar-refractivity contribution in [2.75, 3.05) is 5.88 Å². The number of rotatable bonds is 5. The molecule has 0 atom stereocenters. The van der Waals surface area contributed by atoms with Crippen LogP contribution in [0.15, 0.2) is 29.4 Å². The normalized spacial score (nSPS) is 13.9. The smallest absolute Gasteiger partial charge is 0.262 e. The molecule has 0 bridgehead atoms. The van der Waals surface area contributed by atoms with Gasteiger partial charge in [0.05, 0.1) is 17.0 Å². The van der Waals surface area contributed by atoms with Gasteiger partial charge in [-0.3, -0.25) is 19.6 Å². The number of carbonyl (C=O) groups excluding carboxylic acids is 2. The standard InChI is InChI=1S/C14H14N4O2S/c1-2-5-11-15-14(17-16-11)21-8-18-12(19)9-6-3-4-7-10(9)13(18)20/h3-4,6-7H,2,5,8H2,1H3,(H,15,16,17). The molecule has 0 fully saturated rings. The second-order valence-electron chi connectivity index (χ2n) is 4.67. The van der Waals surface area contributed by atoms with Gasteiger partial charge in [-0.1, -0.05) is 30.8 Å². The summed E-state index contributed by atoms with van der Waals surface area (Å²) in [5, 5.41) is 7.47. The monoisotopic (exact) mass is 302 g/mol. The van der Waals surface area contributed by atoms with E-state index in [-0.39, 0.29) is 17.7 Å². The summed E-state index contributed by atoms with van der Waals surface area (Å²) >= 11 is 1.27. The number of thioether (sulfide) groups is 1. The van der Waals surface area contributed by atoms with Crippen molar-refractivity contribution in [3.8, 4) is 0 Å². The highest BCUT2D eigenvalue weighted by Gasteiger charge is 2.35. The molecule has 21 heavy (non-hydrogen) atoms. The molecule has 108 valence electrons. The summed E-state index contributed by atoms with van der Waals surface area (Å²) < 4.78 is 0. The van der Waals surface area contributed by atoms with Crippen molar-refractivity contribution in [2.24, 2.45) is 0 Å². The Morgan fingerprint density at radius 2 is 1.86 bits per heavy atom. The van der Waals surface area contributed by atoms with E-state index >= 15 is 0 Å². The van der Waals surface area contributed by atoms with Gasteiger partial charge < -0.3 is 0 Å². The summed E-state index contributed by atoms with van der Waals surface area (Å²) in [5.74, 6) is 0.526. The SMILES string of the molecule is CCCc1nc(SCN2C(=O)c3ccccc3C2=O)n[nH]1. The molecule has 0 radical (unpaired) electrons. The van der Waals surface area contributed by atoms with E-state index in [1.54, 1.807) is 24.3 Å². The number of imide groups is 1. The number of aromatic nitrogens is 3. The molecule has 0 saturated heterocycles. The van der Waals surface area contributed by atoms with E-state index in [2.05, 4.69) is 22.1 Å². The number of benzene rings is 1. The van der Waals surface area contributed by atoms with Crippen LogP contribution in [0.1, 0.15) is 39.9 Å². The summed E-state index contributed by atoms with van der Waals surface area (Å²) in [7, 11) is 0. The molecule has 1 N–H and O–H groups in total. The zero-order chi connectivity index (χ0) is 14.8. The van der Waals surface area contributed by atoms with Gasteiger partial charge in [-0.25, -0.2) is 4.98 Å². The van der Waals surface area contributed by atoms with Crippen LogP contribution >= 0.6 is 11.8 Å². The Morgan fingerprint density at radius 1 is 1.19 bits per heavy atom. The van der Waals surface area contributed by atoms with Crippen molar-refractivity contribution in [2.45, 2.75) is 24.9 Å². The van der Waals surface area contributed by atoms with Gasteiger partial charge in [0.2, 0.25) is 5.16 Å². The van der Waals surface area contributed by atoms with Crippen LogP contribution in [0.3, 0.4) is 0 Å². The Kier molecular flexibility index (Phi) is 3.74. The molecule has 1 aromatic carbocycles. The molecule has 1 aromatic heterocycles. The Morgan fingerprint density at radius 3 is 2.48 bits per heavy atom. The number of amides is 2. The molecule has 6 nitrogen and oxygen atoms in total. The third-order valence-corrected chi connectivity index (χ3v) is 4.03. The summed E-state index contributed by atoms with van der Waals surface area (Å²) in [4.78, 5) is 29.9. The largest absolute Gasteiger partial charge is 0.269 e. The molecule has 0 saturated carbocycles. The first-order chi connectivity index (χ1) is 10.2. The molecule has 3 rings (SSSR count). The van der Waals surface area contributed by atoms with Crippen LogP contribution in [0, 0.1) is 0 Å². The fourth-order valence-electron chi connectivity index (χ4n) is 2.17. The van der Waals surface area contributed by atoms with Gasteiger partial charge in [0.1, 0.15) is 5.82 Å². The van der Waals surface area contributed by atoms with E-state index in [1.165, 1.54) is 16.7 Å². The molecule has 1 aliphatic rings. The van der Waals surface area contributed by atoms with Gasteiger partial charge in [-0.15, -0.1) is 5.10 Å². The average molecular weight is 302 g/mol. The molecular formula is C14H14N4O2S. The Bertz CT molecular complexity index is 663. The van der Waals surface area contributed by atoms with Crippen LogP contribution in [-0.2, 0) is 6.42 Å². The van der Waals surface area contributed by atoms with Gasteiger partial charge in [0.15, 0.2) is 0 Å². The Labute approximate surface area is 125 Å². The van der Waals surface area contributed by atoms with E-state index in [9.17, 15) is 9.59 Å². The molecule has 2 aromatic rings. The van der Waals surface area contributed by atoms with Gasteiger partial charge >= 0.3 is 0 Å². The molecular weight excluding hydrogens is 288 g/mol. The lowest BCUT2D eigenvalue weighted by molar-refractivity contribution is 0.0684. The first kappa shape index (κ1) is 13.8. The fraction of sp³-hybridized carbons (Fsp3) is 0.286. The molecule has 1 aliphatic heterocycles. The molecule has 2 heterocycles. The minimum absolute atomic E-state index is 0.218. The Hall–Kier alpha value is -2.15. The molecule has 0 spiro atoms. The average Bonchev–Trinajstić information content (AvgIpc) is 3.03. The number of nitrogens with one attached hydrogen (secondary N) is 1. The first-order valence-electron chi connectivity index (χ1n) is 6.70. The van der Waals surface area contributed by atoms with Gasteiger partial charge in [-0.2, -0.15) is 0 Å². The van der Waals surface area contributed by atoms with Gasteiger partial charge in [0, 0.05) is 6.42 Å². The lowest BCUT2D eigenvalue weighted by Crippen LogP contribution is -2.29. The van der Waals surface area contributed by atoms with Crippen LogP contribution in [0.2, 0.25) is 0 Å². The number of nitrogens with zero attached hydrogens (tertiary/aromatic N) is 3. The first-order valence-corrected chi connectivity index (χ1v) is 7.68. The van der Waals surface area contributed by atoms with Crippen molar-refractivity contribution < 1.29 is 9.59 Å². The number of aryl methyl sites for hydroxylation is 1. The maximum atomic E-state index is 12.2. The topological polar surface area (TPSA) is 79.0 Å². The number of hydrogen-bond donors (Lipinski definition) is 1. The van der Waals surface area contributed by atoms with Gasteiger partial charge in [-0.05, 0) is 18.6 Å². The summed E-state index contributed by atoms with van der Waals surface area (Å²) in [6.45, 7) is 2.06. The third kappa shape index (κ3) is 2.56. The highest BCUT2D eigenvalue weighted by Crippen LogP contribution is 2.25. The van der Waals surface area contributed by atoms with Crippen molar-refractivity contribution in [1.82, 2.24) is 20.1 Å². The summed E-state index contributed by atoms with van der Waals surface area (Å²) in [5.41, 5.74) is 0.925. The second kappa shape index (κ2) is 5.69. The minimum Gasteiger partial charge on any atom is -0.269 e. The summed E-state index contributed by atoms with van der Waals surface area (Å²) in [6.07, 6.45) is 1.82. The molecule has 0 aliphatic carbocycles. The van der Waals surface area contributed by atoms with Gasteiger partial charge in [0.25, 0.3) is 11.8 Å². The second-order valence-corrected chi connectivity index (χ2v) is 5.58. The predicted molar refractivity (Wildman–Crippen MR) is 78.0 cm³/mol. The van der Waals surface area contributed by atoms with E-state index in [0.717, 1.165) is 18.7 Å². The van der Waals surface area contributed by atoms with Crippen LogP contribution in [0.5, 0.6) is 0 Å². The van der Waals surface area contributed by atoms with E-state index in [4.69, 9.17) is 0 Å². The van der Waals surface area contributed by atoms with Crippen molar-refractivity contribution >= 4 is 23.6 Å². The van der Waals surface area contributed by atoms with E-state index in [1.807, 2.05) is 0 Å². The van der Waals surface area contributed by atoms with Crippen LogP contribution in [-0.4, -0.2) is 37.8 Å². The third-order valence-electron chi connectivity index (χ3n) is 3.20. The molecule has 0 unspecified atom stereocenters. The molecule has 7 heteroatoms. The number of carbonyl (C=O) groups is 2. The van der Waals surface area contributed by atoms with Crippen molar-refractivity contribution in [3.63, 3.8) is 0 Å². The Balaban J connectivity index is 1.69. The maximum absolute atomic E-state index is 12.2. The van der Waals surface area contributed by atoms with E-state index < -0.39 is 0 Å². The fourth-order valence-corrected chi connectivity index (χ4v) is 2.93. The number of H-pyrrole nitrogens is 1. The predicted octanol–water partition coefficient (Wildman–Crippen LogP) is 2.10. The maximum Gasteiger partial charge on any atom is 0.262 e. The zero-order valence-corrected chi connectivity index (χ0v) is 12.3. The lowest BCUT2D eigenvalue weighted by Gasteiger charge is -2.11. The molecule has 2 amide bonds. The van der Waals surface area contributed by atoms with Crippen LogP contribution in [0.4, 0.5) is 0 Å². The number of fused-ring (bicyclic) bond motifs is 1. The zero-order valence-electron chi connectivity index (χ0n) is 11.5. The van der Waals surface area contributed by atoms with Crippen molar-refractivity contribution in [3.05, 3.63) is 41.2 Å². The minimum atomic E-state index is -0.257. The number of hydrogen-bond acceptors (Lipinski definition) is 5. The number of aromatic amines is 1.